The number of nitrogens with zero attached hydrogens (tertiary/aromatic N) is 1. The first kappa shape index (κ1) is 16.2. The van der Waals surface area contributed by atoms with Crippen LogP contribution < -0.4 is 20.7 Å². The number of anilines is 2. The Morgan fingerprint density at radius 2 is 2.12 bits per heavy atom. The van der Waals surface area contributed by atoms with E-state index in [2.05, 4.69) is 20.9 Å². The summed E-state index contributed by atoms with van der Waals surface area (Å²) in [6, 6.07) is 7.22. The number of halogens is 1. The molecule has 126 valence electrons. The predicted octanol–water partition coefficient (Wildman–Crippen LogP) is 2.91. The number of aryl methyl sites for hydroxylation is 1. The molecule has 3 rings (SSSR count). The van der Waals surface area contributed by atoms with Gasteiger partial charge in [-0.1, -0.05) is 0 Å². The van der Waals surface area contributed by atoms with Crippen molar-refractivity contribution in [1.82, 2.24) is 10.3 Å². The van der Waals surface area contributed by atoms with E-state index in [9.17, 15) is 9.18 Å². The van der Waals surface area contributed by atoms with Crippen LogP contribution in [0.4, 0.5) is 20.6 Å². The second-order valence-electron chi connectivity index (χ2n) is 5.68. The molecule has 6 nitrogen and oxygen atoms in total. The molecule has 0 spiro atoms. The molecule has 24 heavy (non-hydrogen) atoms. The Morgan fingerprint density at radius 3 is 2.83 bits per heavy atom. The van der Waals surface area contributed by atoms with E-state index in [1.165, 1.54) is 12.1 Å². The second-order valence-corrected chi connectivity index (χ2v) is 5.68. The van der Waals surface area contributed by atoms with Crippen LogP contribution in [0.5, 0.6) is 5.75 Å². The third-order valence-corrected chi connectivity index (χ3v) is 3.62. The van der Waals surface area contributed by atoms with Crippen LogP contribution in [0.3, 0.4) is 0 Å². The molecule has 7 heteroatoms. The van der Waals surface area contributed by atoms with Crippen molar-refractivity contribution in [3.05, 3.63) is 48.0 Å². The molecule has 0 bridgehead atoms. The van der Waals surface area contributed by atoms with Crippen LogP contribution in [0.25, 0.3) is 0 Å². The van der Waals surface area contributed by atoms with Crippen molar-refractivity contribution in [2.24, 2.45) is 0 Å². The van der Waals surface area contributed by atoms with Crippen molar-refractivity contribution in [3.63, 3.8) is 0 Å². The van der Waals surface area contributed by atoms with Crippen molar-refractivity contribution >= 4 is 17.4 Å². The lowest BCUT2D eigenvalue weighted by Crippen LogP contribution is -2.21. The van der Waals surface area contributed by atoms with Gasteiger partial charge in [-0.25, -0.2) is 9.18 Å². The van der Waals surface area contributed by atoms with E-state index in [4.69, 9.17) is 4.74 Å². The predicted molar refractivity (Wildman–Crippen MR) is 89.9 cm³/mol. The maximum absolute atomic E-state index is 13.7. The molecule has 1 aromatic heterocycles. The number of nitrogens with one attached hydrogen (secondary N) is 3. The largest absolute Gasteiger partial charge is 0.489 e. The summed E-state index contributed by atoms with van der Waals surface area (Å²) < 4.78 is 19.5. The molecule has 1 saturated heterocycles. The van der Waals surface area contributed by atoms with E-state index in [0.717, 1.165) is 25.2 Å². The van der Waals surface area contributed by atoms with Gasteiger partial charge in [-0.3, -0.25) is 4.98 Å². The van der Waals surface area contributed by atoms with Crippen molar-refractivity contribution in [3.8, 4) is 5.75 Å². The highest BCUT2D eigenvalue weighted by Gasteiger charge is 2.16. The van der Waals surface area contributed by atoms with E-state index in [0.29, 0.717) is 17.1 Å². The molecular formula is C17H19FN4O2. The first-order chi connectivity index (χ1) is 11.6. The fourth-order valence-electron chi connectivity index (χ4n) is 2.46. The summed E-state index contributed by atoms with van der Waals surface area (Å²) >= 11 is 0. The Bertz CT molecular complexity index is 715. The maximum Gasteiger partial charge on any atom is 0.323 e. The van der Waals surface area contributed by atoms with Crippen LogP contribution >= 0.6 is 0 Å². The zero-order chi connectivity index (χ0) is 16.9. The lowest BCUT2D eigenvalue weighted by Gasteiger charge is -2.14. The smallest absolute Gasteiger partial charge is 0.323 e. The number of hydrogen-bond acceptors (Lipinski definition) is 4. The van der Waals surface area contributed by atoms with Crippen molar-refractivity contribution < 1.29 is 13.9 Å². The van der Waals surface area contributed by atoms with Gasteiger partial charge in [0.15, 0.2) is 0 Å². The van der Waals surface area contributed by atoms with Crippen LogP contribution in [0.2, 0.25) is 0 Å². The summed E-state index contributed by atoms with van der Waals surface area (Å²) in [6.45, 7) is 3.48. The molecule has 3 N–H and O–H groups in total. The molecule has 1 aliphatic heterocycles. The summed E-state index contributed by atoms with van der Waals surface area (Å²) in [5, 5.41) is 8.42. The topological polar surface area (TPSA) is 75.3 Å². The number of ether oxygens (including phenoxy) is 1. The monoisotopic (exact) mass is 330 g/mol. The van der Waals surface area contributed by atoms with Crippen molar-refractivity contribution in [1.29, 1.82) is 0 Å². The average molecular weight is 330 g/mol. The SMILES string of the molecule is Cc1ccc(NC(=O)Nc2cc(F)cc(O[C@H]3CCNC3)c2)cn1. The third kappa shape index (κ3) is 4.42. The Morgan fingerprint density at radius 1 is 1.29 bits per heavy atom. The number of pyridine rings is 1. The molecule has 0 aliphatic carbocycles. The molecular weight excluding hydrogens is 311 g/mol. The minimum absolute atomic E-state index is 0.0205. The van der Waals surface area contributed by atoms with Crippen LogP contribution in [0.1, 0.15) is 12.1 Å². The number of benzene rings is 1. The fraction of sp³-hybridized carbons (Fsp3) is 0.294. The molecule has 0 unspecified atom stereocenters. The number of rotatable bonds is 4. The van der Waals surface area contributed by atoms with Crippen molar-refractivity contribution in [2.75, 3.05) is 23.7 Å². The van der Waals surface area contributed by atoms with E-state index >= 15 is 0 Å². The Labute approximate surface area is 139 Å². The third-order valence-electron chi connectivity index (χ3n) is 3.62. The highest BCUT2D eigenvalue weighted by Crippen LogP contribution is 2.22. The summed E-state index contributed by atoms with van der Waals surface area (Å²) in [7, 11) is 0. The van der Waals surface area contributed by atoms with Gasteiger partial charge in [0.1, 0.15) is 17.7 Å². The van der Waals surface area contributed by atoms with Gasteiger partial charge >= 0.3 is 6.03 Å². The van der Waals surface area contributed by atoms with Crippen molar-refractivity contribution in [2.45, 2.75) is 19.4 Å². The average Bonchev–Trinajstić information content (AvgIpc) is 3.02. The number of urea groups is 1. The molecule has 1 fully saturated rings. The van der Waals surface area contributed by atoms with Crippen LogP contribution in [-0.2, 0) is 0 Å². The van der Waals surface area contributed by atoms with Gasteiger partial charge in [0.2, 0.25) is 0 Å². The van der Waals surface area contributed by atoms with Gasteiger partial charge in [-0.15, -0.1) is 0 Å². The van der Waals surface area contributed by atoms with Gasteiger partial charge in [0.25, 0.3) is 0 Å². The molecule has 2 amide bonds. The Kier molecular flexibility index (Phi) is 4.90. The number of aromatic nitrogens is 1. The zero-order valence-electron chi connectivity index (χ0n) is 13.3. The molecule has 1 atom stereocenters. The highest BCUT2D eigenvalue weighted by atomic mass is 19.1. The highest BCUT2D eigenvalue weighted by molar-refractivity contribution is 5.99. The summed E-state index contributed by atoms with van der Waals surface area (Å²) in [6.07, 6.45) is 2.45. The summed E-state index contributed by atoms with van der Waals surface area (Å²) in [4.78, 5) is 16.1. The van der Waals surface area contributed by atoms with E-state index in [1.54, 1.807) is 24.4 Å². The molecule has 0 radical (unpaired) electrons. The molecule has 2 aromatic rings. The van der Waals surface area contributed by atoms with Gasteiger partial charge in [-0.05, 0) is 38.1 Å². The van der Waals surface area contributed by atoms with Crippen LogP contribution in [0.15, 0.2) is 36.5 Å². The van der Waals surface area contributed by atoms with Gasteiger partial charge in [-0.2, -0.15) is 0 Å². The normalized spacial score (nSPS) is 16.7. The molecule has 1 aliphatic rings. The number of carbonyl (C=O) groups is 1. The van der Waals surface area contributed by atoms with E-state index in [-0.39, 0.29) is 6.10 Å². The lowest BCUT2D eigenvalue weighted by molar-refractivity contribution is 0.222. The Hall–Kier alpha value is -2.67. The first-order valence-electron chi connectivity index (χ1n) is 7.77. The fourth-order valence-corrected chi connectivity index (χ4v) is 2.46. The summed E-state index contributed by atoms with van der Waals surface area (Å²) in [5.74, 6) is -0.0678. The quantitative estimate of drug-likeness (QED) is 0.806. The summed E-state index contributed by atoms with van der Waals surface area (Å²) in [5.41, 5.74) is 1.74. The zero-order valence-corrected chi connectivity index (χ0v) is 13.3. The molecule has 2 heterocycles. The Balaban J connectivity index is 1.64. The van der Waals surface area contributed by atoms with E-state index < -0.39 is 11.8 Å². The lowest BCUT2D eigenvalue weighted by atomic mass is 10.2. The second kappa shape index (κ2) is 7.27. The standard InChI is InChI=1S/C17H19FN4O2/c1-11-2-3-13(9-20-11)21-17(23)22-14-6-12(18)7-16(8-14)24-15-4-5-19-10-15/h2-3,6-9,15,19H,4-5,10H2,1H3,(H2,21,22,23)/t15-/m0/s1. The minimum atomic E-state index is -0.472. The molecule has 1 aromatic carbocycles. The first-order valence-corrected chi connectivity index (χ1v) is 7.77. The number of hydrogen-bond donors (Lipinski definition) is 3. The van der Waals surface area contributed by atoms with Gasteiger partial charge in [0.05, 0.1) is 11.9 Å². The number of amides is 2. The van der Waals surface area contributed by atoms with E-state index in [1.807, 2.05) is 6.92 Å². The minimum Gasteiger partial charge on any atom is -0.489 e. The van der Waals surface area contributed by atoms with Crippen LogP contribution in [0, 0.1) is 12.7 Å². The maximum atomic E-state index is 13.7. The molecule has 0 saturated carbocycles. The van der Waals surface area contributed by atoms with Gasteiger partial charge in [0, 0.05) is 30.1 Å². The van der Waals surface area contributed by atoms with Crippen LogP contribution in [-0.4, -0.2) is 30.2 Å². The van der Waals surface area contributed by atoms with Gasteiger partial charge < -0.3 is 20.7 Å². The number of carbonyl (C=O) groups excluding carboxylic acids is 1.